The van der Waals surface area contributed by atoms with Crippen LogP contribution in [0.4, 0.5) is 5.69 Å². The van der Waals surface area contributed by atoms with E-state index in [0.717, 1.165) is 49.9 Å². The Morgan fingerprint density at radius 1 is 1.12 bits per heavy atom. The van der Waals surface area contributed by atoms with E-state index in [4.69, 9.17) is 9.47 Å². The van der Waals surface area contributed by atoms with Gasteiger partial charge in [0.1, 0.15) is 5.75 Å². The van der Waals surface area contributed by atoms with Crippen LogP contribution in [0.2, 0.25) is 0 Å². The second kappa shape index (κ2) is 8.95. The lowest BCUT2D eigenvalue weighted by Gasteiger charge is -2.39. The average Bonchev–Trinajstić information content (AvgIpc) is 3.15. The Bertz CT molecular complexity index is 684. The number of rotatable bonds is 8. The molecule has 142 valence electrons. The minimum Gasteiger partial charge on any atom is -0.495 e. The van der Waals surface area contributed by atoms with E-state index in [1.165, 1.54) is 0 Å². The van der Waals surface area contributed by atoms with Gasteiger partial charge in [0, 0.05) is 33.3 Å². The topological polar surface area (TPSA) is 68.5 Å². The third-order valence-electron chi connectivity index (χ3n) is 4.93. The van der Waals surface area contributed by atoms with E-state index in [0.29, 0.717) is 13.2 Å². The van der Waals surface area contributed by atoms with Gasteiger partial charge in [0.15, 0.2) is 5.82 Å². The van der Waals surface area contributed by atoms with Crippen molar-refractivity contribution in [3.8, 4) is 5.75 Å². The van der Waals surface area contributed by atoms with E-state index >= 15 is 0 Å². The number of tetrazole rings is 1. The molecule has 1 fully saturated rings. The molecule has 1 aromatic carbocycles. The highest BCUT2D eigenvalue weighted by molar-refractivity contribution is 5.58. The van der Waals surface area contributed by atoms with Gasteiger partial charge in [0.25, 0.3) is 0 Å². The third-order valence-corrected chi connectivity index (χ3v) is 4.93. The molecule has 2 aromatic rings. The van der Waals surface area contributed by atoms with Gasteiger partial charge in [0.2, 0.25) is 0 Å². The molecule has 1 aliphatic rings. The van der Waals surface area contributed by atoms with Crippen LogP contribution in [0.3, 0.4) is 0 Å². The summed E-state index contributed by atoms with van der Waals surface area (Å²) in [5, 5.41) is 12.3. The maximum Gasteiger partial charge on any atom is 0.168 e. The Morgan fingerprint density at radius 3 is 2.58 bits per heavy atom. The summed E-state index contributed by atoms with van der Waals surface area (Å²) >= 11 is 0. The molecule has 0 aliphatic carbocycles. The second-order valence-corrected chi connectivity index (χ2v) is 6.37. The molecule has 1 atom stereocenters. The summed E-state index contributed by atoms with van der Waals surface area (Å²) in [5.74, 6) is 1.85. The van der Waals surface area contributed by atoms with E-state index in [9.17, 15) is 0 Å². The van der Waals surface area contributed by atoms with Crippen molar-refractivity contribution in [2.45, 2.75) is 25.9 Å². The van der Waals surface area contributed by atoms with Crippen LogP contribution in [0.1, 0.15) is 25.2 Å². The van der Waals surface area contributed by atoms with Crippen molar-refractivity contribution in [2.24, 2.45) is 0 Å². The third kappa shape index (κ3) is 3.96. The van der Waals surface area contributed by atoms with E-state index in [1.807, 2.05) is 16.8 Å². The first-order chi connectivity index (χ1) is 12.8. The molecule has 0 N–H and O–H groups in total. The molecule has 2 heterocycles. The largest absolute Gasteiger partial charge is 0.495 e. The van der Waals surface area contributed by atoms with Crippen LogP contribution < -0.4 is 9.64 Å². The molecule has 0 unspecified atom stereocenters. The summed E-state index contributed by atoms with van der Waals surface area (Å²) in [6.07, 6.45) is 0.974. The smallest absolute Gasteiger partial charge is 0.168 e. The van der Waals surface area contributed by atoms with Crippen LogP contribution in [0.15, 0.2) is 24.3 Å². The molecule has 0 bridgehead atoms. The van der Waals surface area contributed by atoms with Gasteiger partial charge in [-0.3, -0.25) is 4.90 Å². The zero-order valence-corrected chi connectivity index (χ0v) is 15.8. The summed E-state index contributed by atoms with van der Waals surface area (Å²) in [4.78, 5) is 4.86. The Morgan fingerprint density at radius 2 is 1.88 bits per heavy atom. The monoisotopic (exact) mass is 360 g/mol. The first kappa shape index (κ1) is 18.6. The minimum atomic E-state index is 0.224. The van der Waals surface area contributed by atoms with Crippen LogP contribution in [-0.2, 0) is 11.3 Å². The highest BCUT2D eigenvalue weighted by atomic mass is 16.5. The predicted molar refractivity (Wildman–Crippen MR) is 99.5 cm³/mol. The average molecular weight is 360 g/mol. The zero-order valence-electron chi connectivity index (χ0n) is 15.8. The summed E-state index contributed by atoms with van der Waals surface area (Å²) in [7, 11) is 3.42. The molecule has 26 heavy (non-hydrogen) atoms. The van der Waals surface area contributed by atoms with Crippen molar-refractivity contribution >= 4 is 5.69 Å². The number of para-hydroxylation sites is 2. The maximum absolute atomic E-state index is 5.51. The van der Waals surface area contributed by atoms with Crippen LogP contribution in [0.25, 0.3) is 0 Å². The number of aromatic nitrogens is 4. The highest BCUT2D eigenvalue weighted by Gasteiger charge is 2.28. The molecule has 8 nitrogen and oxygen atoms in total. The van der Waals surface area contributed by atoms with E-state index in [2.05, 4.69) is 44.4 Å². The predicted octanol–water partition coefficient (Wildman–Crippen LogP) is 1.60. The van der Waals surface area contributed by atoms with Gasteiger partial charge in [-0.2, -0.15) is 0 Å². The molecule has 0 amide bonds. The Kier molecular flexibility index (Phi) is 6.40. The fourth-order valence-corrected chi connectivity index (χ4v) is 3.56. The van der Waals surface area contributed by atoms with Gasteiger partial charge < -0.3 is 14.4 Å². The fraction of sp³-hybridized carbons (Fsp3) is 0.611. The van der Waals surface area contributed by atoms with E-state index in [-0.39, 0.29) is 6.04 Å². The lowest BCUT2D eigenvalue weighted by atomic mass is 10.1. The molecule has 3 rings (SSSR count). The quantitative estimate of drug-likeness (QED) is 0.708. The number of methoxy groups -OCH3 is 2. The Balaban J connectivity index is 1.67. The fourth-order valence-electron chi connectivity index (χ4n) is 3.56. The number of ether oxygens (including phenoxy) is 2. The summed E-state index contributed by atoms with van der Waals surface area (Å²) < 4.78 is 12.5. The number of piperazine rings is 1. The minimum absolute atomic E-state index is 0.224. The number of nitrogens with zero attached hydrogens (tertiary/aromatic N) is 6. The van der Waals surface area contributed by atoms with E-state index < -0.39 is 0 Å². The normalized spacial score (nSPS) is 16.7. The standard InChI is InChI=1S/C18H28N6O2/c1-4-15(18-19-20-21-24(18)13-14-25-2)22-9-11-23(12-10-22)16-7-5-6-8-17(16)26-3/h5-8,15H,4,9-14H2,1-3H3/t15-/m0/s1. The van der Waals surface area contributed by atoms with Gasteiger partial charge in [-0.1, -0.05) is 19.1 Å². The van der Waals surface area contributed by atoms with Crippen molar-refractivity contribution in [3.05, 3.63) is 30.1 Å². The molecule has 8 heteroatoms. The molecule has 1 saturated heterocycles. The lowest BCUT2D eigenvalue weighted by Crippen LogP contribution is -2.48. The maximum atomic E-state index is 5.51. The van der Waals surface area contributed by atoms with Gasteiger partial charge in [-0.25, -0.2) is 4.68 Å². The number of anilines is 1. The molecule has 1 aromatic heterocycles. The van der Waals surface area contributed by atoms with Gasteiger partial charge in [0.05, 0.1) is 32.0 Å². The summed E-state index contributed by atoms with van der Waals surface area (Å²) in [5.41, 5.74) is 1.16. The van der Waals surface area contributed by atoms with Crippen LogP contribution in [0, 0.1) is 0 Å². The zero-order chi connectivity index (χ0) is 18.4. The molecular weight excluding hydrogens is 332 g/mol. The van der Waals surface area contributed by atoms with Crippen molar-refractivity contribution in [3.63, 3.8) is 0 Å². The SMILES string of the molecule is CC[C@@H](c1nnnn1CCOC)N1CCN(c2ccccc2OC)CC1. The molecule has 0 saturated carbocycles. The molecular formula is C18H28N6O2. The number of hydrogen-bond acceptors (Lipinski definition) is 7. The lowest BCUT2D eigenvalue weighted by molar-refractivity contribution is 0.157. The first-order valence-corrected chi connectivity index (χ1v) is 9.15. The van der Waals surface area contributed by atoms with E-state index in [1.54, 1.807) is 14.2 Å². The molecule has 0 radical (unpaired) electrons. The number of benzene rings is 1. The second-order valence-electron chi connectivity index (χ2n) is 6.37. The van der Waals surface area contributed by atoms with Crippen LogP contribution in [-0.4, -0.2) is 72.1 Å². The van der Waals surface area contributed by atoms with Crippen LogP contribution in [0.5, 0.6) is 5.75 Å². The van der Waals surface area contributed by atoms with Crippen molar-refractivity contribution in [1.82, 2.24) is 25.1 Å². The molecule has 1 aliphatic heterocycles. The van der Waals surface area contributed by atoms with Gasteiger partial charge in [-0.15, -0.1) is 5.10 Å². The first-order valence-electron chi connectivity index (χ1n) is 9.15. The Labute approximate surface area is 154 Å². The summed E-state index contributed by atoms with van der Waals surface area (Å²) in [6, 6.07) is 8.42. The van der Waals surface area contributed by atoms with Gasteiger partial charge in [-0.05, 0) is 29.0 Å². The van der Waals surface area contributed by atoms with Crippen molar-refractivity contribution < 1.29 is 9.47 Å². The highest BCUT2D eigenvalue weighted by Crippen LogP contribution is 2.30. The Hall–Kier alpha value is -2.19. The van der Waals surface area contributed by atoms with Crippen LogP contribution >= 0.6 is 0 Å². The van der Waals surface area contributed by atoms with Crippen molar-refractivity contribution in [2.75, 3.05) is 51.9 Å². The molecule has 0 spiro atoms. The van der Waals surface area contributed by atoms with Gasteiger partial charge >= 0.3 is 0 Å². The summed E-state index contributed by atoms with van der Waals surface area (Å²) in [6.45, 7) is 7.31. The van der Waals surface area contributed by atoms with Crippen molar-refractivity contribution in [1.29, 1.82) is 0 Å². The number of hydrogen-bond donors (Lipinski definition) is 0.